The van der Waals surface area contributed by atoms with E-state index in [9.17, 15) is 13.2 Å². The van der Waals surface area contributed by atoms with Gasteiger partial charge in [-0.15, -0.1) is 0 Å². The molecule has 0 aliphatic rings. The second-order valence-corrected chi connectivity index (χ2v) is 5.11. The zero-order valence-corrected chi connectivity index (χ0v) is 10.6. The largest absolute Gasteiger partial charge is 0.478 e. The van der Waals surface area contributed by atoms with Crippen molar-refractivity contribution in [1.82, 2.24) is 4.72 Å². The van der Waals surface area contributed by atoms with Gasteiger partial charge in [0.2, 0.25) is 0 Å². The topological polar surface area (TPSA) is 122 Å². The van der Waals surface area contributed by atoms with Gasteiger partial charge in [0, 0.05) is 12.2 Å². The van der Waals surface area contributed by atoms with Crippen molar-refractivity contribution < 1.29 is 18.3 Å². The average Bonchev–Trinajstić information content (AvgIpc) is 2.25. The van der Waals surface area contributed by atoms with Gasteiger partial charge in [0.15, 0.2) is 0 Å². The molecule has 100 valence electrons. The van der Waals surface area contributed by atoms with E-state index in [1.54, 1.807) is 0 Å². The van der Waals surface area contributed by atoms with Crippen LogP contribution in [0.3, 0.4) is 0 Å². The standard InChI is InChI=1S/C10H15N3O4S/c1-2-5-12-18(16,17)13-9-6-7(11)3-4-8(9)10(14)15/h3-4,6,12-13H,2,5,11H2,1H3,(H,14,15). The van der Waals surface area contributed by atoms with Gasteiger partial charge in [-0.2, -0.15) is 13.1 Å². The van der Waals surface area contributed by atoms with Crippen LogP contribution in [0.1, 0.15) is 23.7 Å². The lowest BCUT2D eigenvalue weighted by atomic mass is 10.1. The highest BCUT2D eigenvalue weighted by atomic mass is 32.2. The van der Waals surface area contributed by atoms with Crippen LogP contribution < -0.4 is 15.2 Å². The van der Waals surface area contributed by atoms with Crippen molar-refractivity contribution in [2.24, 2.45) is 0 Å². The van der Waals surface area contributed by atoms with Crippen molar-refractivity contribution in [3.8, 4) is 0 Å². The van der Waals surface area contributed by atoms with Crippen LogP contribution in [-0.4, -0.2) is 26.0 Å². The van der Waals surface area contributed by atoms with Gasteiger partial charge < -0.3 is 10.8 Å². The van der Waals surface area contributed by atoms with Crippen LogP contribution in [0.5, 0.6) is 0 Å². The second kappa shape index (κ2) is 5.69. The molecule has 0 spiro atoms. The van der Waals surface area contributed by atoms with Gasteiger partial charge in [0.05, 0.1) is 11.3 Å². The second-order valence-electron chi connectivity index (χ2n) is 3.61. The first-order valence-corrected chi connectivity index (χ1v) is 6.74. The van der Waals surface area contributed by atoms with E-state index in [-0.39, 0.29) is 23.5 Å². The first-order valence-electron chi connectivity index (χ1n) is 5.26. The molecule has 0 atom stereocenters. The summed E-state index contributed by atoms with van der Waals surface area (Å²) in [7, 11) is -3.79. The molecular formula is C10H15N3O4S. The fourth-order valence-corrected chi connectivity index (χ4v) is 2.25. The monoisotopic (exact) mass is 273 g/mol. The maximum Gasteiger partial charge on any atom is 0.337 e. The number of nitrogen functional groups attached to an aromatic ring is 1. The number of hydrogen-bond acceptors (Lipinski definition) is 4. The molecule has 0 unspecified atom stereocenters. The fraction of sp³-hybridized carbons (Fsp3) is 0.300. The summed E-state index contributed by atoms with van der Waals surface area (Å²) >= 11 is 0. The summed E-state index contributed by atoms with van der Waals surface area (Å²) in [6.45, 7) is 2.08. The van der Waals surface area contributed by atoms with E-state index in [4.69, 9.17) is 10.8 Å². The summed E-state index contributed by atoms with van der Waals surface area (Å²) in [5, 5.41) is 8.93. The number of carboxylic acids is 1. The average molecular weight is 273 g/mol. The molecule has 0 fully saturated rings. The van der Waals surface area contributed by atoms with Crippen LogP contribution in [0.4, 0.5) is 11.4 Å². The lowest BCUT2D eigenvalue weighted by Crippen LogP contribution is -2.31. The number of aromatic carboxylic acids is 1. The summed E-state index contributed by atoms with van der Waals surface area (Å²) in [6.07, 6.45) is 0.629. The summed E-state index contributed by atoms with van der Waals surface area (Å²) in [4.78, 5) is 10.9. The van der Waals surface area contributed by atoms with Gasteiger partial charge in [0.25, 0.3) is 10.2 Å². The van der Waals surface area contributed by atoms with Gasteiger partial charge in [-0.25, -0.2) is 4.79 Å². The minimum atomic E-state index is -3.79. The third kappa shape index (κ3) is 3.90. The quantitative estimate of drug-likeness (QED) is 0.566. The number of hydrogen-bond donors (Lipinski definition) is 4. The Hall–Kier alpha value is -1.80. The Bertz CT molecular complexity index is 542. The molecule has 7 nitrogen and oxygen atoms in total. The van der Waals surface area contributed by atoms with Gasteiger partial charge in [0.1, 0.15) is 0 Å². The molecule has 0 aliphatic carbocycles. The van der Waals surface area contributed by atoms with Crippen LogP contribution in [0.15, 0.2) is 18.2 Å². The highest BCUT2D eigenvalue weighted by Crippen LogP contribution is 2.20. The molecule has 0 saturated heterocycles. The normalized spacial score (nSPS) is 11.2. The Labute approximate surface area is 105 Å². The number of nitrogens with two attached hydrogens (primary N) is 1. The number of nitrogens with one attached hydrogen (secondary N) is 2. The third-order valence-corrected chi connectivity index (χ3v) is 3.13. The number of rotatable bonds is 6. The molecule has 0 aromatic heterocycles. The van der Waals surface area contributed by atoms with Gasteiger partial charge in [-0.1, -0.05) is 6.92 Å². The van der Waals surface area contributed by atoms with Crippen molar-refractivity contribution >= 4 is 27.6 Å². The molecule has 0 amide bonds. The van der Waals surface area contributed by atoms with E-state index >= 15 is 0 Å². The minimum Gasteiger partial charge on any atom is -0.478 e. The summed E-state index contributed by atoms with van der Waals surface area (Å²) in [5.74, 6) is -1.23. The maximum absolute atomic E-state index is 11.6. The van der Waals surface area contributed by atoms with Crippen molar-refractivity contribution in [3.63, 3.8) is 0 Å². The molecule has 18 heavy (non-hydrogen) atoms. The van der Waals surface area contributed by atoms with Gasteiger partial charge in [-0.3, -0.25) is 4.72 Å². The predicted molar refractivity (Wildman–Crippen MR) is 68.6 cm³/mol. The molecular weight excluding hydrogens is 258 g/mol. The van der Waals surface area contributed by atoms with E-state index in [0.29, 0.717) is 6.42 Å². The van der Waals surface area contributed by atoms with E-state index in [2.05, 4.69) is 9.44 Å². The van der Waals surface area contributed by atoms with Crippen molar-refractivity contribution in [2.75, 3.05) is 17.0 Å². The summed E-state index contributed by atoms with van der Waals surface area (Å²) in [5.41, 5.74) is 5.55. The Morgan fingerprint density at radius 1 is 1.44 bits per heavy atom. The Morgan fingerprint density at radius 3 is 2.67 bits per heavy atom. The molecule has 5 N–H and O–H groups in total. The Kier molecular flexibility index (Phi) is 4.51. The maximum atomic E-state index is 11.6. The number of carboxylic acid groups (broad SMARTS) is 1. The third-order valence-electron chi connectivity index (χ3n) is 2.06. The SMILES string of the molecule is CCCNS(=O)(=O)Nc1cc(N)ccc1C(=O)O. The molecule has 8 heteroatoms. The molecule has 0 aliphatic heterocycles. The van der Waals surface area contributed by atoms with E-state index in [1.807, 2.05) is 6.92 Å². The van der Waals surface area contributed by atoms with Crippen LogP contribution in [-0.2, 0) is 10.2 Å². The lowest BCUT2D eigenvalue weighted by molar-refractivity contribution is 0.0698. The van der Waals surface area contributed by atoms with Crippen LogP contribution in [0.2, 0.25) is 0 Å². The Morgan fingerprint density at radius 2 is 2.11 bits per heavy atom. The highest BCUT2D eigenvalue weighted by molar-refractivity contribution is 7.90. The zero-order chi connectivity index (χ0) is 13.8. The number of carbonyl (C=O) groups is 1. The number of anilines is 2. The molecule has 0 radical (unpaired) electrons. The molecule has 1 aromatic carbocycles. The molecule has 1 aromatic rings. The first-order chi connectivity index (χ1) is 8.35. The van der Waals surface area contributed by atoms with Crippen molar-refractivity contribution in [1.29, 1.82) is 0 Å². The molecule has 0 heterocycles. The van der Waals surface area contributed by atoms with Crippen molar-refractivity contribution in [2.45, 2.75) is 13.3 Å². The van der Waals surface area contributed by atoms with Crippen molar-refractivity contribution in [3.05, 3.63) is 23.8 Å². The van der Waals surface area contributed by atoms with Crippen LogP contribution >= 0.6 is 0 Å². The first kappa shape index (κ1) is 14.3. The van der Waals surface area contributed by atoms with Gasteiger partial charge >= 0.3 is 5.97 Å². The summed E-state index contributed by atoms with van der Waals surface area (Å²) in [6, 6.07) is 3.89. The lowest BCUT2D eigenvalue weighted by Gasteiger charge is -2.11. The minimum absolute atomic E-state index is 0.0638. The van der Waals surface area contributed by atoms with Gasteiger partial charge in [-0.05, 0) is 24.6 Å². The molecule has 1 rings (SSSR count). The summed E-state index contributed by atoms with van der Waals surface area (Å²) < 4.78 is 27.6. The van der Waals surface area contributed by atoms with E-state index in [1.165, 1.54) is 18.2 Å². The fourth-order valence-electron chi connectivity index (χ4n) is 1.25. The van der Waals surface area contributed by atoms with E-state index in [0.717, 1.165) is 0 Å². The van der Waals surface area contributed by atoms with Crippen LogP contribution in [0.25, 0.3) is 0 Å². The Balaban J connectivity index is 3.02. The molecule has 0 saturated carbocycles. The highest BCUT2D eigenvalue weighted by Gasteiger charge is 2.15. The smallest absolute Gasteiger partial charge is 0.337 e. The molecule has 0 bridgehead atoms. The van der Waals surface area contributed by atoms with Crippen LogP contribution in [0, 0.1) is 0 Å². The van der Waals surface area contributed by atoms with E-state index < -0.39 is 16.2 Å². The predicted octanol–water partition coefficient (Wildman–Crippen LogP) is 0.623. The number of benzene rings is 1. The zero-order valence-electron chi connectivity index (χ0n) is 9.80.